The summed E-state index contributed by atoms with van der Waals surface area (Å²) < 4.78 is 6.87. The van der Waals surface area contributed by atoms with Crippen molar-refractivity contribution in [3.8, 4) is 17.6 Å². The molecular formula is C30H29NO. The van der Waals surface area contributed by atoms with Crippen molar-refractivity contribution in [3.05, 3.63) is 107 Å². The highest BCUT2D eigenvalue weighted by atomic mass is 16.5. The lowest BCUT2D eigenvalue weighted by Gasteiger charge is -2.44. The predicted molar refractivity (Wildman–Crippen MR) is 131 cm³/mol. The van der Waals surface area contributed by atoms with E-state index in [1.165, 1.54) is 32.1 Å². The Kier molecular flexibility index (Phi) is 5.84. The highest BCUT2D eigenvalue weighted by molar-refractivity contribution is 5.87. The Balaban J connectivity index is 1.68. The summed E-state index contributed by atoms with van der Waals surface area (Å²) in [5, 5.41) is 3.96. The molecule has 2 nitrogen and oxygen atoms in total. The summed E-state index contributed by atoms with van der Waals surface area (Å²) in [7, 11) is 0. The van der Waals surface area contributed by atoms with Gasteiger partial charge in [-0.25, -0.2) is 0 Å². The second kappa shape index (κ2) is 9.07. The standard InChI is InChI=1S/C30H29NO/c1-23-27(22-21-24-13-5-2-6-14-24)28-19-11-12-20-29(28)32-30(23,25-15-7-3-8-16-25)31-26-17-9-4-10-18-26/h2-3,5-8,11-16,19-20,26,31H,4,9-10,17-18H2,1H3. The fourth-order valence-corrected chi connectivity index (χ4v) is 4.90. The van der Waals surface area contributed by atoms with Gasteiger partial charge in [0.2, 0.25) is 5.72 Å². The Morgan fingerprint density at radius 2 is 1.44 bits per heavy atom. The highest BCUT2D eigenvalue weighted by Gasteiger charge is 2.43. The van der Waals surface area contributed by atoms with Gasteiger partial charge in [0.05, 0.1) is 0 Å². The van der Waals surface area contributed by atoms with Gasteiger partial charge < -0.3 is 4.74 Å². The number of fused-ring (bicyclic) bond motifs is 1. The van der Waals surface area contributed by atoms with Crippen LogP contribution in [0.5, 0.6) is 5.75 Å². The zero-order chi connectivity index (χ0) is 21.8. The molecular weight excluding hydrogens is 390 g/mol. The first-order valence-electron chi connectivity index (χ1n) is 11.7. The summed E-state index contributed by atoms with van der Waals surface area (Å²) in [6.07, 6.45) is 6.21. The first kappa shape index (κ1) is 20.6. The monoisotopic (exact) mass is 419 g/mol. The van der Waals surface area contributed by atoms with Crippen LogP contribution in [0.1, 0.15) is 55.7 Å². The van der Waals surface area contributed by atoms with Crippen LogP contribution in [0.25, 0.3) is 5.57 Å². The normalized spacial score (nSPS) is 20.7. The molecule has 0 bridgehead atoms. The number of allylic oxidation sites excluding steroid dienone is 1. The largest absolute Gasteiger partial charge is 0.464 e. The minimum absolute atomic E-state index is 0.424. The van der Waals surface area contributed by atoms with Gasteiger partial charge in [0.15, 0.2) is 0 Å². The van der Waals surface area contributed by atoms with Crippen molar-refractivity contribution in [2.24, 2.45) is 0 Å². The summed E-state index contributed by atoms with van der Waals surface area (Å²) in [6, 6.07) is 29.5. The van der Waals surface area contributed by atoms with Crippen LogP contribution >= 0.6 is 0 Å². The molecule has 0 amide bonds. The van der Waals surface area contributed by atoms with E-state index in [0.29, 0.717) is 6.04 Å². The van der Waals surface area contributed by atoms with Crippen LogP contribution in [0.4, 0.5) is 0 Å². The van der Waals surface area contributed by atoms with Gasteiger partial charge in [0.1, 0.15) is 5.75 Å². The van der Waals surface area contributed by atoms with E-state index in [-0.39, 0.29) is 0 Å². The van der Waals surface area contributed by atoms with E-state index in [9.17, 15) is 0 Å². The van der Waals surface area contributed by atoms with E-state index in [4.69, 9.17) is 4.74 Å². The lowest BCUT2D eigenvalue weighted by molar-refractivity contribution is 0.0442. The summed E-state index contributed by atoms with van der Waals surface area (Å²) in [4.78, 5) is 0. The molecule has 2 aliphatic rings. The molecule has 2 heteroatoms. The number of nitrogens with one attached hydrogen (secondary N) is 1. The van der Waals surface area contributed by atoms with E-state index in [1.54, 1.807) is 0 Å². The summed E-state index contributed by atoms with van der Waals surface area (Å²) in [6.45, 7) is 2.17. The van der Waals surface area contributed by atoms with E-state index >= 15 is 0 Å². The number of hydrogen-bond acceptors (Lipinski definition) is 2. The number of ether oxygens (including phenoxy) is 1. The summed E-state index contributed by atoms with van der Waals surface area (Å²) in [5.41, 5.74) is 4.64. The number of para-hydroxylation sites is 1. The minimum Gasteiger partial charge on any atom is -0.464 e. The molecule has 1 N–H and O–H groups in total. The molecule has 1 aliphatic carbocycles. The maximum absolute atomic E-state index is 6.87. The number of benzene rings is 3. The van der Waals surface area contributed by atoms with Crippen molar-refractivity contribution in [3.63, 3.8) is 0 Å². The fourth-order valence-electron chi connectivity index (χ4n) is 4.90. The SMILES string of the molecule is CC1=C(C#Cc2ccccc2)c2ccccc2OC1(NC1CCCCC1)c1ccccc1. The molecule has 1 atom stereocenters. The van der Waals surface area contributed by atoms with Gasteiger partial charge in [0.25, 0.3) is 0 Å². The van der Waals surface area contributed by atoms with Crippen molar-refractivity contribution in [2.45, 2.75) is 50.8 Å². The van der Waals surface area contributed by atoms with Gasteiger partial charge in [0, 0.05) is 33.9 Å². The van der Waals surface area contributed by atoms with Crippen molar-refractivity contribution in [2.75, 3.05) is 0 Å². The van der Waals surface area contributed by atoms with Gasteiger partial charge in [-0.3, -0.25) is 5.32 Å². The van der Waals surface area contributed by atoms with Crippen LogP contribution in [-0.4, -0.2) is 6.04 Å². The first-order valence-corrected chi connectivity index (χ1v) is 11.7. The van der Waals surface area contributed by atoms with Crippen LogP contribution in [0.15, 0.2) is 90.5 Å². The van der Waals surface area contributed by atoms with Gasteiger partial charge in [-0.1, -0.05) is 91.8 Å². The molecule has 1 saturated carbocycles. The Hall–Kier alpha value is -3.28. The maximum atomic E-state index is 6.87. The van der Waals surface area contributed by atoms with Gasteiger partial charge in [-0.05, 0) is 44.0 Å². The van der Waals surface area contributed by atoms with Crippen molar-refractivity contribution >= 4 is 5.57 Å². The molecule has 0 aromatic heterocycles. The molecule has 160 valence electrons. The van der Waals surface area contributed by atoms with Crippen LogP contribution < -0.4 is 10.1 Å². The van der Waals surface area contributed by atoms with Crippen LogP contribution in [0.2, 0.25) is 0 Å². The topological polar surface area (TPSA) is 21.3 Å². The predicted octanol–water partition coefficient (Wildman–Crippen LogP) is 6.68. The Morgan fingerprint density at radius 3 is 2.19 bits per heavy atom. The Labute approximate surface area is 191 Å². The molecule has 1 aliphatic heterocycles. The Morgan fingerprint density at radius 1 is 0.781 bits per heavy atom. The van der Waals surface area contributed by atoms with E-state index in [1.807, 2.05) is 24.3 Å². The fraction of sp³-hybridized carbons (Fsp3) is 0.267. The van der Waals surface area contributed by atoms with Crippen LogP contribution in [0.3, 0.4) is 0 Å². The third-order valence-electron chi connectivity index (χ3n) is 6.62. The molecule has 0 radical (unpaired) electrons. The molecule has 0 saturated heterocycles. The molecule has 1 unspecified atom stereocenters. The van der Waals surface area contributed by atoms with Crippen LogP contribution in [0, 0.1) is 11.8 Å². The highest BCUT2D eigenvalue weighted by Crippen LogP contribution is 2.45. The Bertz CT molecular complexity index is 1160. The zero-order valence-electron chi connectivity index (χ0n) is 18.6. The molecule has 1 heterocycles. The lowest BCUT2D eigenvalue weighted by atomic mass is 9.84. The summed E-state index contributed by atoms with van der Waals surface area (Å²) in [5.74, 6) is 7.78. The van der Waals surface area contributed by atoms with Crippen molar-refractivity contribution in [1.29, 1.82) is 0 Å². The molecule has 1 fully saturated rings. The van der Waals surface area contributed by atoms with Gasteiger partial charge in [-0.2, -0.15) is 0 Å². The second-order valence-electron chi connectivity index (χ2n) is 8.74. The van der Waals surface area contributed by atoms with Crippen LogP contribution in [-0.2, 0) is 5.72 Å². The quantitative estimate of drug-likeness (QED) is 0.478. The maximum Gasteiger partial charge on any atom is 0.211 e. The lowest BCUT2D eigenvalue weighted by Crippen LogP contribution is -2.54. The molecule has 0 spiro atoms. The third-order valence-corrected chi connectivity index (χ3v) is 6.62. The van der Waals surface area contributed by atoms with Gasteiger partial charge in [-0.15, -0.1) is 0 Å². The second-order valence-corrected chi connectivity index (χ2v) is 8.74. The zero-order valence-corrected chi connectivity index (χ0v) is 18.6. The van der Waals surface area contributed by atoms with E-state index in [0.717, 1.165) is 33.6 Å². The summed E-state index contributed by atoms with van der Waals surface area (Å²) >= 11 is 0. The van der Waals surface area contributed by atoms with Gasteiger partial charge >= 0.3 is 0 Å². The average Bonchev–Trinajstić information content (AvgIpc) is 2.86. The molecule has 5 rings (SSSR count). The molecule has 3 aromatic carbocycles. The number of rotatable bonds is 3. The average molecular weight is 420 g/mol. The van der Waals surface area contributed by atoms with E-state index < -0.39 is 5.72 Å². The molecule has 3 aromatic rings. The van der Waals surface area contributed by atoms with E-state index in [2.05, 4.69) is 84.7 Å². The van der Waals surface area contributed by atoms with Crippen molar-refractivity contribution in [1.82, 2.24) is 5.32 Å². The molecule has 32 heavy (non-hydrogen) atoms. The van der Waals surface area contributed by atoms with Crippen molar-refractivity contribution < 1.29 is 4.74 Å². The minimum atomic E-state index is -0.724. The first-order chi connectivity index (χ1) is 15.8. The number of hydrogen-bond donors (Lipinski definition) is 1. The smallest absolute Gasteiger partial charge is 0.211 e. The third kappa shape index (κ3) is 3.97.